The first-order valence-corrected chi connectivity index (χ1v) is 24.8. The van der Waals surface area contributed by atoms with E-state index in [4.69, 9.17) is 14.6 Å². The molecule has 2 aromatic carbocycles. The third-order valence-corrected chi connectivity index (χ3v) is 13.7. The molecule has 1 aliphatic heterocycles. The van der Waals surface area contributed by atoms with Crippen molar-refractivity contribution in [3.8, 4) is 0 Å². The van der Waals surface area contributed by atoms with E-state index in [0.717, 1.165) is 16.3 Å². The largest absolute Gasteiger partial charge is 0.481 e. The molecular weight excluding hydrogens is 971 g/mol. The zero-order valence-electron chi connectivity index (χ0n) is 41.3. The van der Waals surface area contributed by atoms with Crippen molar-refractivity contribution in [1.82, 2.24) is 46.2 Å². The van der Waals surface area contributed by atoms with Crippen molar-refractivity contribution < 1.29 is 77.8 Å². The molecule has 74 heavy (non-hydrogen) atoms. The fourth-order valence-electron chi connectivity index (χ4n) is 9.69. The summed E-state index contributed by atoms with van der Waals surface area (Å²) in [6, 6.07) is 10.2. The second kappa shape index (κ2) is 29.7. The Bertz CT molecular complexity index is 2260. The number of hydrogen-bond acceptors (Lipinski definition) is 16. The maximum Gasteiger partial charge on any atom is 0.326 e. The van der Waals surface area contributed by atoms with Crippen LogP contribution in [0.5, 0.6) is 0 Å². The number of benzene rings is 2. The molecule has 406 valence electrons. The average Bonchev–Trinajstić information content (AvgIpc) is 3.80. The minimum atomic E-state index is -1.49. The van der Waals surface area contributed by atoms with Gasteiger partial charge in [0.05, 0.1) is 19.6 Å². The number of aliphatic carboxylic acids is 4. The molecule has 5 rings (SSSR count). The van der Waals surface area contributed by atoms with Gasteiger partial charge >= 0.3 is 29.9 Å². The number of ether oxygens (including phenoxy) is 2. The fraction of sp³-hybridized carbons (Fsp3) is 0.592. The van der Waals surface area contributed by atoms with Gasteiger partial charge in [0, 0.05) is 90.6 Å². The molecule has 3 aliphatic rings. The second-order valence-electron chi connectivity index (χ2n) is 19.0. The molecule has 2 aliphatic carbocycles. The lowest BCUT2D eigenvalue weighted by molar-refractivity contribution is -0.141. The van der Waals surface area contributed by atoms with Gasteiger partial charge in [0.1, 0.15) is 18.8 Å². The van der Waals surface area contributed by atoms with Crippen LogP contribution in [-0.2, 0) is 59.0 Å². The Morgan fingerprint density at radius 1 is 0.649 bits per heavy atom. The molecule has 25 nitrogen and oxygen atoms in total. The fourth-order valence-corrected chi connectivity index (χ4v) is 9.69. The number of carboxylic acids is 4. The minimum absolute atomic E-state index is 0.0210. The van der Waals surface area contributed by atoms with Crippen LogP contribution < -0.4 is 26.6 Å². The number of unbranched alkanes of at least 4 members (excludes halogenated alkanes) is 1. The number of amides is 5. The lowest BCUT2D eigenvalue weighted by Crippen LogP contribution is -2.50. The van der Waals surface area contributed by atoms with E-state index >= 15 is 0 Å². The molecule has 9 N–H and O–H groups in total. The van der Waals surface area contributed by atoms with Gasteiger partial charge in [-0.3, -0.25) is 58.0 Å². The number of fused-ring (bicyclic) bond motifs is 2. The molecule has 0 bridgehead atoms. The van der Waals surface area contributed by atoms with E-state index < -0.39 is 60.5 Å². The van der Waals surface area contributed by atoms with Crippen LogP contribution in [0.3, 0.4) is 0 Å². The summed E-state index contributed by atoms with van der Waals surface area (Å²) in [6.07, 6.45) is 0.208. The molecule has 2 saturated carbocycles. The van der Waals surface area contributed by atoms with Gasteiger partial charge in [-0.15, -0.1) is 0 Å². The van der Waals surface area contributed by atoms with Crippen molar-refractivity contribution in [3.63, 3.8) is 0 Å². The summed E-state index contributed by atoms with van der Waals surface area (Å²) in [6.45, 7) is 3.31. The number of carbonyl (C=O) groups is 10. The first-order valence-electron chi connectivity index (χ1n) is 24.8. The van der Waals surface area contributed by atoms with Crippen molar-refractivity contribution in [2.75, 3.05) is 91.8 Å². The molecule has 0 radical (unpaired) electrons. The first kappa shape index (κ1) is 57.9. The van der Waals surface area contributed by atoms with Crippen LogP contribution in [-0.4, -0.2) is 211 Å². The van der Waals surface area contributed by atoms with Gasteiger partial charge < -0.3 is 56.5 Å². The van der Waals surface area contributed by atoms with Gasteiger partial charge in [-0.2, -0.15) is 0 Å². The topological polar surface area (TPSA) is 343 Å². The highest BCUT2D eigenvalue weighted by atomic mass is 16.5. The Kier molecular flexibility index (Phi) is 23.2. The van der Waals surface area contributed by atoms with E-state index in [-0.39, 0.29) is 94.1 Å². The lowest BCUT2D eigenvalue weighted by atomic mass is 9.97. The van der Waals surface area contributed by atoms with Gasteiger partial charge in [0.25, 0.3) is 12.9 Å². The number of nitrogens with one attached hydrogen (secondary N) is 5. The van der Waals surface area contributed by atoms with Crippen LogP contribution in [0.2, 0.25) is 0 Å². The molecule has 25 heteroatoms. The van der Waals surface area contributed by atoms with E-state index in [2.05, 4.69) is 26.6 Å². The maximum atomic E-state index is 13.9. The van der Waals surface area contributed by atoms with E-state index in [1.165, 1.54) is 0 Å². The number of nitrogens with zero attached hydrogens (tertiary/aromatic N) is 4. The van der Waals surface area contributed by atoms with Gasteiger partial charge in [-0.05, 0) is 66.2 Å². The molecule has 5 atom stereocenters. The van der Waals surface area contributed by atoms with Crippen LogP contribution >= 0.6 is 0 Å². The minimum Gasteiger partial charge on any atom is -0.481 e. The average molecular weight is 1040 g/mol. The Morgan fingerprint density at radius 3 is 1.84 bits per heavy atom. The van der Waals surface area contributed by atoms with Gasteiger partial charge in [0.2, 0.25) is 17.7 Å². The summed E-state index contributed by atoms with van der Waals surface area (Å²) in [5, 5.41) is 52.6. The van der Waals surface area contributed by atoms with Crippen LogP contribution in [0, 0.1) is 23.7 Å². The predicted octanol–water partition coefficient (Wildman–Crippen LogP) is -0.820. The van der Waals surface area contributed by atoms with Crippen LogP contribution in [0.25, 0.3) is 10.8 Å². The van der Waals surface area contributed by atoms with Crippen molar-refractivity contribution in [1.29, 1.82) is 0 Å². The third kappa shape index (κ3) is 19.8. The number of carbonyl (C=O) groups excluding carboxylic acids is 6. The highest BCUT2D eigenvalue weighted by Gasteiger charge is 2.57. The summed E-state index contributed by atoms with van der Waals surface area (Å²) in [4.78, 5) is 128. The predicted molar refractivity (Wildman–Crippen MR) is 262 cm³/mol. The molecule has 3 fully saturated rings. The summed E-state index contributed by atoms with van der Waals surface area (Å²) < 4.78 is 9.95. The molecule has 2 unspecified atom stereocenters. The monoisotopic (exact) mass is 1040 g/mol. The molecule has 0 spiro atoms. The normalized spacial score (nSPS) is 20.9. The molecule has 2 aromatic rings. The van der Waals surface area contributed by atoms with Crippen molar-refractivity contribution in [2.45, 2.75) is 69.7 Å². The summed E-state index contributed by atoms with van der Waals surface area (Å²) >= 11 is 0. The first-order chi connectivity index (χ1) is 35.5. The van der Waals surface area contributed by atoms with Crippen molar-refractivity contribution >= 4 is 71.3 Å². The van der Waals surface area contributed by atoms with Crippen LogP contribution in [0.1, 0.15) is 50.5 Å². The third-order valence-electron chi connectivity index (χ3n) is 13.7. The van der Waals surface area contributed by atoms with Gasteiger partial charge in [0.15, 0.2) is 6.23 Å². The van der Waals surface area contributed by atoms with Gasteiger partial charge in [-0.1, -0.05) is 42.5 Å². The number of carboxylic acid groups (broad SMARTS) is 4. The summed E-state index contributed by atoms with van der Waals surface area (Å²) in [7, 11) is 0. The van der Waals surface area contributed by atoms with Crippen molar-refractivity contribution in [3.05, 3.63) is 48.0 Å². The summed E-state index contributed by atoms with van der Waals surface area (Å²) in [5.41, 5.74) is 0.833. The Morgan fingerprint density at radius 2 is 1.26 bits per heavy atom. The molecular formula is C49H69N9O16. The summed E-state index contributed by atoms with van der Waals surface area (Å²) in [5.74, 6) is -5.35. The maximum absolute atomic E-state index is 13.9. The van der Waals surface area contributed by atoms with Crippen LogP contribution in [0.15, 0.2) is 42.5 Å². The smallest absolute Gasteiger partial charge is 0.326 e. The van der Waals surface area contributed by atoms with E-state index in [1.54, 1.807) is 9.80 Å². The zero-order valence-corrected chi connectivity index (χ0v) is 41.3. The highest BCUT2D eigenvalue weighted by Crippen LogP contribution is 2.59. The lowest BCUT2D eigenvalue weighted by Gasteiger charge is -2.33. The number of urea groups is 1. The molecule has 1 heterocycles. The van der Waals surface area contributed by atoms with Gasteiger partial charge in [-0.25, -0.2) is 9.59 Å². The van der Waals surface area contributed by atoms with E-state index in [1.807, 2.05) is 52.3 Å². The number of hydrogen-bond donors (Lipinski definition) is 9. The zero-order chi connectivity index (χ0) is 53.6. The Hall–Kier alpha value is -6.96. The van der Waals surface area contributed by atoms with E-state index in [0.29, 0.717) is 91.1 Å². The molecule has 1 saturated heterocycles. The molecule has 0 aromatic heterocycles. The molecule has 5 amide bonds. The quantitative estimate of drug-likeness (QED) is 0.0273. The Labute approximate surface area is 427 Å². The second-order valence-corrected chi connectivity index (χ2v) is 19.0. The standard InChI is InChI=1S/C49H69N9O16/c59-30-73-29-58-19-17-55(13-14-56(27-44(64)65)15-16-57(18-20-58)28-45(66)67)26-41(61)51-25-38-36-23-35(24-37(36)38)46(68)52-40(22-32-8-9-33-5-1-2-6-34(33)21-32)47(69)50-12-4-3-7-42(74-31-60)54-49(72)53-39(48(70)71)10-11-43(62)63/h1-2,5-6,8-9,21,30-31,35-40,42H,3-4,7,10-20,22-29H2,(H,50,69)(H,51,61)(H,52,68)(H,62,63)(H,64,65)(H,66,67)(H,70,71)(H2,53,54,72)/t35?,36?,37?,38?,39-,40-,42+/m0/s1. The number of rotatable bonds is 29. The highest BCUT2D eigenvalue weighted by molar-refractivity contribution is 5.89. The van der Waals surface area contributed by atoms with E-state index in [9.17, 15) is 63.3 Å². The Balaban J connectivity index is 1.11. The SMILES string of the molecule is O=COCN1CCN(CC(=O)O)CCN(CC(=O)O)CCN(CC(=O)NCC2C3CC(C(=O)N[C@@H](Cc4ccc5ccccc5c4)C(=O)NCCCC[C@H](NC(=O)N[C@@H](CCC(=O)O)C(=O)O)OC=O)CC23)CC1. The van der Waals surface area contributed by atoms with Crippen molar-refractivity contribution in [2.24, 2.45) is 23.7 Å². The van der Waals surface area contributed by atoms with Crippen LogP contribution in [0.4, 0.5) is 4.79 Å².